The van der Waals surface area contributed by atoms with Gasteiger partial charge in [0.2, 0.25) is 11.7 Å². The number of halogens is 1. The molecule has 1 aromatic heterocycles. The van der Waals surface area contributed by atoms with Gasteiger partial charge in [-0.3, -0.25) is 0 Å². The maximum absolute atomic E-state index is 5.83. The van der Waals surface area contributed by atoms with E-state index in [1.807, 2.05) is 25.1 Å². The molecule has 1 aromatic carbocycles. The molecule has 0 aliphatic carbocycles. The minimum absolute atomic E-state index is 0.393. The van der Waals surface area contributed by atoms with Gasteiger partial charge in [0, 0.05) is 16.5 Å². The van der Waals surface area contributed by atoms with E-state index in [1.54, 1.807) is 0 Å². The van der Waals surface area contributed by atoms with Crippen molar-refractivity contribution in [1.82, 2.24) is 10.1 Å². The van der Waals surface area contributed by atoms with Crippen molar-refractivity contribution < 1.29 is 4.52 Å². The Kier molecular flexibility index (Phi) is 5.53. The molecule has 114 valence electrons. The predicted octanol–water partition coefficient (Wildman–Crippen LogP) is 3.97. The fourth-order valence-electron chi connectivity index (χ4n) is 2.50. The summed E-state index contributed by atoms with van der Waals surface area (Å²) in [5, 5.41) is 4.10. The van der Waals surface area contributed by atoms with Crippen molar-refractivity contribution in [3.63, 3.8) is 0 Å². The molecule has 0 saturated heterocycles. The van der Waals surface area contributed by atoms with Gasteiger partial charge in [0.05, 0.1) is 0 Å². The van der Waals surface area contributed by atoms with E-state index in [-0.39, 0.29) is 0 Å². The molecule has 0 fully saturated rings. The number of aromatic nitrogens is 2. The molecule has 0 aliphatic heterocycles. The molecule has 0 amide bonds. The van der Waals surface area contributed by atoms with E-state index in [0.29, 0.717) is 30.1 Å². The second-order valence-corrected chi connectivity index (χ2v) is 6.82. The summed E-state index contributed by atoms with van der Waals surface area (Å²) < 4.78 is 6.44. The highest BCUT2D eigenvalue weighted by Gasteiger charge is 2.16. The summed E-state index contributed by atoms with van der Waals surface area (Å²) >= 11 is 3.46. The highest BCUT2D eigenvalue weighted by atomic mass is 79.9. The first-order valence-electron chi connectivity index (χ1n) is 7.28. The Morgan fingerprint density at radius 3 is 2.71 bits per heavy atom. The lowest BCUT2D eigenvalue weighted by atomic mass is 9.94. The van der Waals surface area contributed by atoms with Crippen LogP contribution in [0.3, 0.4) is 0 Å². The van der Waals surface area contributed by atoms with Gasteiger partial charge in [-0.2, -0.15) is 4.98 Å². The molecule has 2 N–H and O–H groups in total. The molecule has 2 aromatic rings. The summed E-state index contributed by atoms with van der Waals surface area (Å²) in [7, 11) is 0. The van der Waals surface area contributed by atoms with Gasteiger partial charge in [0.1, 0.15) is 0 Å². The fourth-order valence-corrected chi connectivity index (χ4v) is 2.98. The summed E-state index contributed by atoms with van der Waals surface area (Å²) in [5.41, 5.74) is 7.95. The van der Waals surface area contributed by atoms with Gasteiger partial charge in [0.15, 0.2) is 0 Å². The Morgan fingerprint density at radius 2 is 2.10 bits per heavy atom. The number of rotatable bonds is 6. The van der Waals surface area contributed by atoms with Crippen LogP contribution in [0.2, 0.25) is 0 Å². The first kappa shape index (κ1) is 16.2. The van der Waals surface area contributed by atoms with Crippen molar-refractivity contribution in [2.45, 2.75) is 33.6 Å². The van der Waals surface area contributed by atoms with Gasteiger partial charge in [-0.05, 0) is 55.5 Å². The Labute approximate surface area is 134 Å². The SMILES string of the molecule is Cc1cc(Br)ccc1-c1noc(CC(CN)CC(C)C)n1. The molecular formula is C16H22BrN3O. The minimum atomic E-state index is 0.393. The molecule has 0 saturated carbocycles. The second kappa shape index (κ2) is 7.18. The van der Waals surface area contributed by atoms with E-state index in [2.05, 4.69) is 39.9 Å². The molecule has 1 atom stereocenters. The third-order valence-corrected chi connectivity index (χ3v) is 3.99. The van der Waals surface area contributed by atoms with Gasteiger partial charge in [-0.15, -0.1) is 0 Å². The standard InChI is InChI=1S/C16H22BrN3O/c1-10(2)6-12(9-18)8-15-19-16(20-21-15)14-5-4-13(17)7-11(14)3/h4-5,7,10,12H,6,8-9,18H2,1-3H3. The minimum Gasteiger partial charge on any atom is -0.339 e. The predicted molar refractivity (Wildman–Crippen MR) is 87.9 cm³/mol. The summed E-state index contributed by atoms with van der Waals surface area (Å²) in [6, 6.07) is 6.04. The van der Waals surface area contributed by atoms with E-state index in [9.17, 15) is 0 Å². The van der Waals surface area contributed by atoms with Crippen LogP contribution in [0.4, 0.5) is 0 Å². The Bertz CT molecular complexity index is 595. The van der Waals surface area contributed by atoms with Crippen LogP contribution in [0.25, 0.3) is 11.4 Å². The lowest BCUT2D eigenvalue weighted by molar-refractivity contribution is 0.332. The number of benzene rings is 1. The van der Waals surface area contributed by atoms with Crippen molar-refractivity contribution >= 4 is 15.9 Å². The smallest absolute Gasteiger partial charge is 0.227 e. The largest absolute Gasteiger partial charge is 0.339 e. The highest BCUT2D eigenvalue weighted by molar-refractivity contribution is 9.10. The van der Waals surface area contributed by atoms with Gasteiger partial charge in [0.25, 0.3) is 0 Å². The van der Waals surface area contributed by atoms with Crippen LogP contribution in [0, 0.1) is 18.8 Å². The highest BCUT2D eigenvalue weighted by Crippen LogP contribution is 2.24. The number of hydrogen-bond donors (Lipinski definition) is 1. The number of nitrogens with two attached hydrogens (primary N) is 1. The van der Waals surface area contributed by atoms with E-state index < -0.39 is 0 Å². The first-order valence-corrected chi connectivity index (χ1v) is 8.08. The summed E-state index contributed by atoms with van der Waals surface area (Å²) in [6.45, 7) is 7.09. The lowest BCUT2D eigenvalue weighted by Crippen LogP contribution is -2.19. The zero-order valence-electron chi connectivity index (χ0n) is 12.8. The van der Waals surface area contributed by atoms with Crippen molar-refractivity contribution in [3.8, 4) is 11.4 Å². The maximum atomic E-state index is 5.83. The molecule has 1 heterocycles. The zero-order chi connectivity index (χ0) is 15.4. The first-order chi connectivity index (χ1) is 9.99. The third kappa shape index (κ3) is 4.38. The van der Waals surface area contributed by atoms with Gasteiger partial charge >= 0.3 is 0 Å². The zero-order valence-corrected chi connectivity index (χ0v) is 14.4. The van der Waals surface area contributed by atoms with Crippen molar-refractivity contribution in [1.29, 1.82) is 0 Å². The number of aryl methyl sites for hydroxylation is 1. The Morgan fingerprint density at radius 1 is 1.33 bits per heavy atom. The molecule has 0 bridgehead atoms. The van der Waals surface area contributed by atoms with Crippen LogP contribution >= 0.6 is 15.9 Å². The third-order valence-electron chi connectivity index (χ3n) is 3.50. The van der Waals surface area contributed by atoms with E-state index in [1.165, 1.54) is 0 Å². The summed E-state index contributed by atoms with van der Waals surface area (Å²) in [4.78, 5) is 4.52. The van der Waals surface area contributed by atoms with E-state index >= 15 is 0 Å². The molecular weight excluding hydrogens is 330 g/mol. The van der Waals surface area contributed by atoms with E-state index in [4.69, 9.17) is 10.3 Å². The Balaban J connectivity index is 2.14. The average molecular weight is 352 g/mol. The molecule has 1 unspecified atom stereocenters. The monoisotopic (exact) mass is 351 g/mol. The van der Waals surface area contributed by atoms with E-state index in [0.717, 1.165) is 28.4 Å². The average Bonchev–Trinajstić information content (AvgIpc) is 2.85. The maximum Gasteiger partial charge on any atom is 0.227 e. The van der Waals surface area contributed by atoms with Gasteiger partial charge in [-0.1, -0.05) is 34.9 Å². The summed E-state index contributed by atoms with van der Waals surface area (Å²) in [5.74, 6) is 2.33. The molecule has 0 aliphatic rings. The van der Waals surface area contributed by atoms with Gasteiger partial charge in [-0.25, -0.2) is 0 Å². The molecule has 0 spiro atoms. The fraction of sp³-hybridized carbons (Fsp3) is 0.500. The van der Waals surface area contributed by atoms with Crippen molar-refractivity contribution in [2.75, 3.05) is 6.54 Å². The van der Waals surface area contributed by atoms with Crippen molar-refractivity contribution in [3.05, 3.63) is 34.1 Å². The molecule has 2 rings (SSSR count). The quantitative estimate of drug-likeness (QED) is 0.854. The second-order valence-electron chi connectivity index (χ2n) is 5.91. The van der Waals surface area contributed by atoms with Crippen LogP contribution in [0.1, 0.15) is 31.7 Å². The molecule has 5 heteroatoms. The number of nitrogens with zero attached hydrogens (tertiary/aromatic N) is 2. The topological polar surface area (TPSA) is 64.9 Å². The van der Waals surface area contributed by atoms with Crippen LogP contribution in [-0.4, -0.2) is 16.7 Å². The van der Waals surface area contributed by atoms with Gasteiger partial charge < -0.3 is 10.3 Å². The van der Waals surface area contributed by atoms with Crippen LogP contribution in [-0.2, 0) is 6.42 Å². The lowest BCUT2D eigenvalue weighted by Gasteiger charge is -2.14. The molecule has 0 radical (unpaired) electrons. The van der Waals surface area contributed by atoms with Crippen LogP contribution in [0.5, 0.6) is 0 Å². The normalized spacial score (nSPS) is 12.9. The molecule has 4 nitrogen and oxygen atoms in total. The molecule has 21 heavy (non-hydrogen) atoms. The van der Waals surface area contributed by atoms with Crippen LogP contribution < -0.4 is 5.73 Å². The number of hydrogen-bond acceptors (Lipinski definition) is 4. The van der Waals surface area contributed by atoms with Crippen molar-refractivity contribution in [2.24, 2.45) is 17.6 Å². The summed E-state index contributed by atoms with van der Waals surface area (Å²) in [6.07, 6.45) is 1.82. The van der Waals surface area contributed by atoms with Crippen LogP contribution in [0.15, 0.2) is 27.2 Å². The Hall–Kier alpha value is -1.20.